The molecule has 0 atom stereocenters. The highest BCUT2D eigenvalue weighted by Crippen LogP contribution is 2.40. The zero-order chi connectivity index (χ0) is 35.6. The standard InChI is InChI=1S/C48H32N2/c1-4-14-33(15-5-1)37-24-27-41-43-31-35(25-28-46(43)49(48(41)32-37)38-18-8-3-9-19-38)36-26-29-47-42(30-36)40-21-11-13-23-45(40)50(47)44-22-12-10-20-39(44)34-16-6-2-7-17-34/h1-32H/i25D,28D,31D. The van der Waals surface area contributed by atoms with E-state index in [4.69, 9.17) is 0 Å². The molecule has 0 aliphatic heterocycles. The van der Waals surface area contributed by atoms with Gasteiger partial charge in [0.05, 0.1) is 31.9 Å². The van der Waals surface area contributed by atoms with Crippen molar-refractivity contribution in [2.24, 2.45) is 0 Å². The van der Waals surface area contributed by atoms with Crippen molar-refractivity contribution in [1.82, 2.24) is 9.13 Å². The summed E-state index contributed by atoms with van der Waals surface area (Å²) >= 11 is 0. The Morgan fingerprint density at radius 1 is 0.340 bits per heavy atom. The molecule has 0 fully saturated rings. The zero-order valence-corrected chi connectivity index (χ0v) is 27.1. The summed E-state index contributed by atoms with van der Waals surface area (Å²) in [5.74, 6) is 0. The van der Waals surface area contributed by atoms with E-state index < -0.39 is 0 Å². The highest BCUT2D eigenvalue weighted by atomic mass is 15.0. The molecule has 0 saturated heterocycles. The second-order valence-electron chi connectivity index (χ2n) is 12.7. The van der Waals surface area contributed by atoms with Crippen LogP contribution in [0.4, 0.5) is 0 Å². The van der Waals surface area contributed by atoms with Gasteiger partial charge in [-0.1, -0.05) is 140 Å². The molecule has 0 aliphatic carbocycles. The van der Waals surface area contributed by atoms with Gasteiger partial charge in [0.1, 0.15) is 0 Å². The Labute approximate surface area is 294 Å². The predicted molar refractivity (Wildman–Crippen MR) is 211 cm³/mol. The molecule has 0 radical (unpaired) electrons. The minimum absolute atomic E-state index is 0.0447. The number of benzene rings is 8. The molecule has 234 valence electrons. The first-order valence-corrected chi connectivity index (χ1v) is 17.0. The number of nitrogens with zero attached hydrogens (tertiary/aromatic N) is 2. The van der Waals surface area contributed by atoms with Gasteiger partial charge in [-0.25, -0.2) is 0 Å². The second-order valence-corrected chi connectivity index (χ2v) is 12.7. The van der Waals surface area contributed by atoms with Gasteiger partial charge in [-0.15, -0.1) is 0 Å². The quantitative estimate of drug-likeness (QED) is 0.177. The molecule has 0 saturated carbocycles. The highest BCUT2D eigenvalue weighted by molar-refractivity contribution is 6.13. The lowest BCUT2D eigenvalue weighted by Gasteiger charge is -2.14. The Bertz CT molecular complexity index is 3020. The van der Waals surface area contributed by atoms with Gasteiger partial charge in [0.25, 0.3) is 0 Å². The number of hydrogen-bond acceptors (Lipinski definition) is 0. The van der Waals surface area contributed by atoms with E-state index in [1.165, 1.54) is 0 Å². The van der Waals surface area contributed by atoms with E-state index in [2.05, 4.69) is 124 Å². The van der Waals surface area contributed by atoms with Crippen LogP contribution in [0.5, 0.6) is 0 Å². The van der Waals surface area contributed by atoms with E-state index in [1.54, 1.807) is 0 Å². The molecular weight excluding hydrogens is 605 g/mol. The van der Waals surface area contributed by atoms with E-state index in [0.29, 0.717) is 16.5 Å². The Kier molecular flexibility index (Phi) is 5.84. The summed E-state index contributed by atoms with van der Waals surface area (Å²) in [6, 6.07) is 60.6. The van der Waals surface area contributed by atoms with Crippen molar-refractivity contribution < 1.29 is 4.11 Å². The minimum atomic E-state index is 0.0447. The van der Waals surface area contributed by atoms with Crippen LogP contribution in [-0.2, 0) is 0 Å². The summed E-state index contributed by atoms with van der Waals surface area (Å²) in [5, 5.41) is 3.69. The Balaban J connectivity index is 1.24. The molecule has 2 nitrogen and oxygen atoms in total. The summed E-state index contributed by atoms with van der Waals surface area (Å²) in [6.45, 7) is 0. The van der Waals surface area contributed by atoms with Gasteiger partial charge in [-0.2, -0.15) is 0 Å². The van der Waals surface area contributed by atoms with Crippen molar-refractivity contribution in [2.45, 2.75) is 0 Å². The van der Waals surface area contributed by atoms with Crippen LogP contribution in [0, 0.1) is 0 Å². The Hall–Kier alpha value is -6.64. The SMILES string of the molecule is [2H]c1c(-c2ccc3c(c2)c2ccccc2n3-c2ccccc2-c2ccccc2)c([2H])c2c3ccc(-c4ccccc4)cc3n(-c3ccccc3)c2c1[2H]. The maximum atomic E-state index is 9.80. The summed E-state index contributed by atoms with van der Waals surface area (Å²) < 4.78 is 33.2. The highest BCUT2D eigenvalue weighted by Gasteiger charge is 2.18. The Morgan fingerprint density at radius 2 is 0.960 bits per heavy atom. The van der Waals surface area contributed by atoms with Crippen LogP contribution < -0.4 is 0 Å². The average Bonchev–Trinajstić information content (AvgIpc) is 3.74. The summed E-state index contributed by atoms with van der Waals surface area (Å²) in [5.41, 5.74) is 11.2. The third-order valence-electron chi connectivity index (χ3n) is 9.84. The maximum Gasteiger partial charge on any atom is 0.0645 e. The lowest BCUT2D eigenvalue weighted by atomic mass is 9.99. The van der Waals surface area contributed by atoms with E-state index in [0.717, 1.165) is 71.9 Å². The second kappa shape index (κ2) is 11.5. The van der Waals surface area contributed by atoms with Crippen LogP contribution in [0.2, 0.25) is 0 Å². The van der Waals surface area contributed by atoms with Crippen LogP contribution in [0.15, 0.2) is 194 Å². The number of para-hydroxylation sites is 3. The molecule has 0 spiro atoms. The van der Waals surface area contributed by atoms with Crippen LogP contribution in [-0.4, -0.2) is 9.13 Å². The molecule has 2 heteroatoms. The number of fused-ring (bicyclic) bond motifs is 6. The van der Waals surface area contributed by atoms with Crippen LogP contribution >= 0.6 is 0 Å². The van der Waals surface area contributed by atoms with E-state index in [9.17, 15) is 4.11 Å². The van der Waals surface area contributed by atoms with Gasteiger partial charge >= 0.3 is 0 Å². The fraction of sp³-hybridized carbons (Fsp3) is 0. The van der Waals surface area contributed by atoms with Crippen molar-refractivity contribution in [3.8, 4) is 44.8 Å². The first kappa shape index (κ1) is 25.4. The third-order valence-corrected chi connectivity index (χ3v) is 9.84. The van der Waals surface area contributed by atoms with Crippen molar-refractivity contribution in [2.75, 3.05) is 0 Å². The molecular formula is C48H32N2. The van der Waals surface area contributed by atoms with Gasteiger partial charge in [0.15, 0.2) is 0 Å². The first-order chi connectivity index (χ1) is 26.1. The molecule has 0 unspecified atom stereocenters. The lowest BCUT2D eigenvalue weighted by molar-refractivity contribution is 1.18. The molecule has 2 aromatic heterocycles. The van der Waals surface area contributed by atoms with Crippen molar-refractivity contribution in [3.05, 3.63) is 194 Å². The first-order valence-electron chi connectivity index (χ1n) is 18.5. The van der Waals surface area contributed by atoms with Gasteiger partial charge in [-0.05, 0) is 82.4 Å². The molecule has 0 N–H and O–H groups in total. The topological polar surface area (TPSA) is 9.86 Å². The molecule has 50 heavy (non-hydrogen) atoms. The normalized spacial score (nSPS) is 12.4. The molecule has 2 heterocycles. The van der Waals surface area contributed by atoms with E-state index in [-0.39, 0.29) is 18.1 Å². The molecule has 10 rings (SSSR count). The zero-order valence-electron chi connectivity index (χ0n) is 30.1. The Morgan fingerprint density at radius 3 is 1.78 bits per heavy atom. The van der Waals surface area contributed by atoms with Crippen molar-refractivity contribution >= 4 is 43.6 Å². The predicted octanol–water partition coefficient (Wildman–Crippen LogP) is 12.9. The fourth-order valence-corrected chi connectivity index (χ4v) is 7.53. The van der Waals surface area contributed by atoms with Crippen LogP contribution in [0.3, 0.4) is 0 Å². The van der Waals surface area contributed by atoms with Gasteiger partial charge in [0.2, 0.25) is 0 Å². The van der Waals surface area contributed by atoms with Crippen molar-refractivity contribution in [1.29, 1.82) is 0 Å². The smallest absolute Gasteiger partial charge is 0.0645 e. The number of hydrogen-bond donors (Lipinski definition) is 0. The minimum Gasteiger partial charge on any atom is -0.309 e. The fourth-order valence-electron chi connectivity index (χ4n) is 7.53. The lowest BCUT2D eigenvalue weighted by Crippen LogP contribution is -1.97. The largest absolute Gasteiger partial charge is 0.309 e. The average molecular weight is 640 g/mol. The summed E-state index contributed by atoms with van der Waals surface area (Å²) in [6.07, 6.45) is 0. The molecule has 10 aromatic rings. The molecule has 0 amide bonds. The van der Waals surface area contributed by atoms with E-state index in [1.807, 2.05) is 60.7 Å². The van der Waals surface area contributed by atoms with Gasteiger partial charge < -0.3 is 9.13 Å². The number of rotatable bonds is 5. The maximum absolute atomic E-state index is 9.80. The van der Waals surface area contributed by atoms with Crippen LogP contribution in [0.1, 0.15) is 4.11 Å². The van der Waals surface area contributed by atoms with Gasteiger partial charge in [0, 0.05) is 32.8 Å². The summed E-state index contributed by atoms with van der Waals surface area (Å²) in [4.78, 5) is 0. The molecule has 0 aliphatic rings. The molecule has 0 bridgehead atoms. The van der Waals surface area contributed by atoms with Crippen molar-refractivity contribution in [3.63, 3.8) is 0 Å². The number of aromatic nitrogens is 2. The molecule has 8 aromatic carbocycles. The van der Waals surface area contributed by atoms with Crippen LogP contribution in [0.25, 0.3) is 88.4 Å². The van der Waals surface area contributed by atoms with E-state index >= 15 is 0 Å². The monoisotopic (exact) mass is 639 g/mol. The summed E-state index contributed by atoms with van der Waals surface area (Å²) in [7, 11) is 0. The third kappa shape index (κ3) is 4.50. The van der Waals surface area contributed by atoms with Gasteiger partial charge in [-0.3, -0.25) is 0 Å².